The first kappa shape index (κ1) is 15.3. The molecule has 0 aliphatic carbocycles. The first-order valence-corrected chi connectivity index (χ1v) is 7.98. The Hall–Kier alpha value is -2.61. The molecule has 2 nitrogen and oxygen atoms in total. The maximum atomic E-state index is 12.1. The molecule has 0 saturated heterocycles. The molecule has 0 aromatic heterocycles. The molecule has 3 aromatic carbocycles. The Bertz CT molecular complexity index is 788. The summed E-state index contributed by atoms with van der Waals surface area (Å²) in [5, 5.41) is 2.38. The van der Waals surface area contributed by atoms with Crippen molar-refractivity contribution in [3.05, 3.63) is 83.9 Å². The van der Waals surface area contributed by atoms with Crippen molar-refractivity contribution in [3.8, 4) is 0 Å². The second kappa shape index (κ2) is 7.10. The second-order valence-electron chi connectivity index (χ2n) is 5.54. The lowest BCUT2D eigenvalue weighted by molar-refractivity contribution is -0.143. The molecule has 0 aliphatic heterocycles. The molecule has 116 valence electrons. The molecule has 23 heavy (non-hydrogen) atoms. The van der Waals surface area contributed by atoms with E-state index in [0.29, 0.717) is 13.0 Å². The smallest absolute Gasteiger partial charge is 0.306 e. The van der Waals surface area contributed by atoms with Crippen LogP contribution in [-0.2, 0) is 9.53 Å². The van der Waals surface area contributed by atoms with Gasteiger partial charge in [-0.05, 0) is 28.8 Å². The Balaban J connectivity index is 2.08. The van der Waals surface area contributed by atoms with E-state index in [1.54, 1.807) is 0 Å². The summed E-state index contributed by atoms with van der Waals surface area (Å²) in [6, 6.07) is 24.7. The van der Waals surface area contributed by atoms with E-state index < -0.39 is 0 Å². The van der Waals surface area contributed by atoms with Crippen molar-refractivity contribution < 1.29 is 9.53 Å². The molecular formula is C21H20O2. The Morgan fingerprint density at radius 3 is 2.39 bits per heavy atom. The number of fused-ring (bicyclic) bond motifs is 1. The monoisotopic (exact) mass is 304 g/mol. The van der Waals surface area contributed by atoms with Gasteiger partial charge in [0.2, 0.25) is 0 Å². The fourth-order valence-corrected chi connectivity index (χ4v) is 3.03. The largest absolute Gasteiger partial charge is 0.466 e. The molecule has 0 N–H and O–H groups in total. The Morgan fingerprint density at radius 2 is 1.61 bits per heavy atom. The van der Waals surface area contributed by atoms with Crippen LogP contribution in [0.25, 0.3) is 10.8 Å². The van der Waals surface area contributed by atoms with Gasteiger partial charge in [-0.25, -0.2) is 0 Å². The van der Waals surface area contributed by atoms with Gasteiger partial charge in [0, 0.05) is 5.92 Å². The first-order chi connectivity index (χ1) is 11.3. The SMILES string of the molecule is CCOC(=O)C[C@@H](c1ccccc1)c1cccc2ccccc12. The van der Waals surface area contributed by atoms with Crippen molar-refractivity contribution in [2.75, 3.05) is 6.61 Å². The number of benzene rings is 3. The first-order valence-electron chi connectivity index (χ1n) is 7.98. The van der Waals surface area contributed by atoms with Crippen LogP contribution in [0.1, 0.15) is 30.4 Å². The highest BCUT2D eigenvalue weighted by molar-refractivity contribution is 5.87. The molecule has 0 radical (unpaired) electrons. The van der Waals surface area contributed by atoms with E-state index >= 15 is 0 Å². The molecule has 0 amide bonds. The molecule has 0 saturated carbocycles. The van der Waals surface area contributed by atoms with Gasteiger partial charge >= 0.3 is 5.97 Å². The third kappa shape index (κ3) is 3.42. The van der Waals surface area contributed by atoms with Gasteiger partial charge in [-0.2, -0.15) is 0 Å². The summed E-state index contributed by atoms with van der Waals surface area (Å²) >= 11 is 0. The fraction of sp³-hybridized carbons (Fsp3) is 0.190. The minimum absolute atomic E-state index is 0.00125. The zero-order valence-electron chi connectivity index (χ0n) is 13.2. The van der Waals surface area contributed by atoms with Crippen molar-refractivity contribution in [2.24, 2.45) is 0 Å². The van der Waals surface area contributed by atoms with Gasteiger partial charge in [-0.15, -0.1) is 0 Å². The molecule has 1 atom stereocenters. The summed E-state index contributed by atoms with van der Waals surface area (Å²) in [7, 11) is 0. The van der Waals surface area contributed by atoms with Crippen molar-refractivity contribution in [3.63, 3.8) is 0 Å². The van der Waals surface area contributed by atoms with Gasteiger partial charge in [-0.1, -0.05) is 72.8 Å². The van der Waals surface area contributed by atoms with Crippen LogP contribution >= 0.6 is 0 Å². The second-order valence-corrected chi connectivity index (χ2v) is 5.54. The molecule has 0 heterocycles. The molecule has 0 bridgehead atoms. The predicted molar refractivity (Wildman–Crippen MR) is 93.5 cm³/mol. The van der Waals surface area contributed by atoms with E-state index in [1.807, 2.05) is 37.3 Å². The quantitative estimate of drug-likeness (QED) is 0.625. The molecular weight excluding hydrogens is 284 g/mol. The average molecular weight is 304 g/mol. The predicted octanol–water partition coefficient (Wildman–Crippen LogP) is 4.92. The van der Waals surface area contributed by atoms with Gasteiger partial charge in [-0.3, -0.25) is 4.79 Å². The van der Waals surface area contributed by atoms with Crippen molar-refractivity contribution in [1.29, 1.82) is 0 Å². The molecule has 2 heteroatoms. The molecule has 3 rings (SSSR count). The van der Waals surface area contributed by atoms with Crippen LogP contribution in [0.2, 0.25) is 0 Å². The highest BCUT2D eigenvalue weighted by Crippen LogP contribution is 2.33. The van der Waals surface area contributed by atoms with E-state index in [4.69, 9.17) is 4.74 Å². The minimum Gasteiger partial charge on any atom is -0.466 e. The highest BCUT2D eigenvalue weighted by atomic mass is 16.5. The number of carbonyl (C=O) groups is 1. The number of hydrogen-bond donors (Lipinski definition) is 0. The Morgan fingerprint density at radius 1 is 0.913 bits per heavy atom. The fourth-order valence-electron chi connectivity index (χ4n) is 3.03. The van der Waals surface area contributed by atoms with Crippen LogP contribution in [0.15, 0.2) is 72.8 Å². The normalized spacial score (nSPS) is 12.0. The number of ether oxygens (including phenoxy) is 1. The van der Waals surface area contributed by atoms with E-state index in [1.165, 1.54) is 16.3 Å². The minimum atomic E-state index is -0.158. The third-order valence-electron chi connectivity index (χ3n) is 4.08. The van der Waals surface area contributed by atoms with Crippen LogP contribution in [0.5, 0.6) is 0 Å². The van der Waals surface area contributed by atoms with Crippen LogP contribution in [-0.4, -0.2) is 12.6 Å². The van der Waals surface area contributed by atoms with Gasteiger partial charge in [0.25, 0.3) is 0 Å². The van der Waals surface area contributed by atoms with Gasteiger partial charge < -0.3 is 4.74 Å². The zero-order valence-corrected chi connectivity index (χ0v) is 13.2. The maximum absolute atomic E-state index is 12.1. The number of hydrogen-bond acceptors (Lipinski definition) is 2. The molecule has 0 unspecified atom stereocenters. The maximum Gasteiger partial charge on any atom is 0.306 e. The summed E-state index contributed by atoms with van der Waals surface area (Å²) in [6.45, 7) is 2.25. The summed E-state index contributed by atoms with van der Waals surface area (Å²) in [5.41, 5.74) is 2.30. The van der Waals surface area contributed by atoms with Crippen molar-refractivity contribution in [1.82, 2.24) is 0 Å². The Kier molecular flexibility index (Phi) is 4.72. The lowest BCUT2D eigenvalue weighted by Crippen LogP contribution is -2.12. The number of esters is 1. The molecule has 0 fully saturated rings. The molecule has 0 aliphatic rings. The third-order valence-corrected chi connectivity index (χ3v) is 4.08. The lowest BCUT2D eigenvalue weighted by atomic mass is 9.85. The number of rotatable bonds is 5. The van der Waals surface area contributed by atoms with Crippen LogP contribution in [0.3, 0.4) is 0 Å². The van der Waals surface area contributed by atoms with Gasteiger partial charge in [0.05, 0.1) is 13.0 Å². The van der Waals surface area contributed by atoms with E-state index in [9.17, 15) is 4.79 Å². The van der Waals surface area contributed by atoms with Gasteiger partial charge in [0.1, 0.15) is 0 Å². The van der Waals surface area contributed by atoms with Crippen molar-refractivity contribution in [2.45, 2.75) is 19.3 Å². The summed E-state index contributed by atoms with van der Waals surface area (Å²) in [5.74, 6) is -0.157. The van der Waals surface area contributed by atoms with Crippen LogP contribution in [0.4, 0.5) is 0 Å². The summed E-state index contributed by atoms with van der Waals surface area (Å²) in [6.07, 6.45) is 0.353. The lowest BCUT2D eigenvalue weighted by Gasteiger charge is -2.19. The average Bonchev–Trinajstić information content (AvgIpc) is 2.60. The van der Waals surface area contributed by atoms with E-state index in [-0.39, 0.29) is 11.9 Å². The summed E-state index contributed by atoms with van der Waals surface area (Å²) < 4.78 is 5.19. The molecule has 3 aromatic rings. The highest BCUT2D eigenvalue weighted by Gasteiger charge is 2.20. The standard InChI is InChI=1S/C21H20O2/c1-2-23-21(22)15-20(17-9-4-3-5-10-17)19-14-8-12-16-11-6-7-13-18(16)19/h3-14,20H,2,15H2,1H3/t20-/m0/s1. The number of carbonyl (C=O) groups excluding carboxylic acids is 1. The topological polar surface area (TPSA) is 26.3 Å². The van der Waals surface area contributed by atoms with Crippen LogP contribution in [0, 0.1) is 0 Å². The van der Waals surface area contributed by atoms with E-state index in [0.717, 1.165) is 5.56 Å². The molecule has 0 spiro atoms. The van der Waals surface area contributed by atoms with Crippen LogP contribution < -0.4 is 0 Å². The summed E-state index contributed by atoms with van der Waals surface area (Å²) in [4.78, 5) is 12.1. The zero-order chi connectivity index (χ0) is 16.1. The van der Waals surface area contributed by atoms with E-state index in [2.05, 4.69) is 42.5 Å². The van der Waals surface area contributed by atoms with Gasteiger partial charge in [0.15, 0.2) is 0 Å². The Labute approximate surface area is 136 Å². The van der Waals surface area contributed by atoms with Crippen molar-refractivity contribution >= 4 is 16.7 Å².